The van der Waals surface area contributed by atoms with Crippen molar-refractivity contribution in [2.75, 3.05) is 26.2 Å². The van der Waals surface area contributed by atoms with Crippen LogP contribution in [0.4, 0.5) is 0 Å². The molecular formula is C14H28N2. The minimum Gasteiger partial charge on any atom is -0.315 e. The van der Waals surface area contributed by atoms with Gasteiger partial charge in [-0.1, -0.05) is 32.4 Å². The van der Waals surface area contributed by atoms with E-state index >= 15 is 0 Å². The van der Waals surface area contributed by atoms with Crippen molar-refractivity contribution in [3.8, 4) is 0 Å². The van der Waals surface area contributed by atoms with E-state index in [4.69, 9.17) is 0 Å². The van der Waals surface area contributed by atoms with Gasteiger partial charge >= 0.3 is 0 Å². The van der Waals surface area contributed by atoms with E-state index in [2.05, 4.69) is 30.6 Å². The number of nitrogens with one attached hydrogen (secondary N) is 1. The third-order valence-electron chi connectivity index (χ3n) is 3.48. The molecule has 1 atom stereocenters. The molecule has 16 heavy (non-hydrogen) atoms. The number of rotatable bonds is 7. The van der Waals surface area contributed by atoms with Gasteiger partial charge in [-0.2, -0.15) is 0 Å². The van der Waals surface area contributed by atoms with Crippen molar-refractivity contribution in [2.24, 2.45) is 0 Å². The second kappa shape index (κ2) is 7.86. The zero-order chi connectivity index (χ0) is 11.8. The van der Waals surface area contributed by atoms with E-state index in [-0.39, 0.29) is 0 Å². The number of piperidine rings is 1. The average Bonchev–Trinajstić information content (AvgIpc) is 2.31. The summed E-state index contributed by atoms with van der Waals surface area (Å²) in [7, 11) is 0. The molecule has 1 rings (SSSR count). The number of likely N-dealkylation sites (tertiary alicyclic amines) is 1. The van der Waals surface area contributed by atoms with E-state index in [0.717, 1.165) is 32.1 Å². The molecule has 1 N–H and O–H groups in total. The van der Waals surface area contributed by atoms with Crippen LogP contribution >= 0.6 is 0 Å². The van der Waals surface area contributed by atoms with Gasteiger partial charge in [0.25, 0.3) is 0 Å². The average molecular weight is 224 g/mol. The van der Waals surface area contributed by atoms with Crippen LogP contribution in [0.25, 0.3) is 0 Å². The maximum absolute atomic E-state index is 4.14. The van der Waals surface area contributed by atoms with Crippen molar-refractivity contribution in [2.45, 2.75) is 52.0 Å². The highest BCUT2D eigenvalue weighted by Crippen LogP contribution is 2.18. The molecule has 0 saturated carbocycles. The number of nitrogens with zero attached hydrogens (tertiary/aromatic N) is 1. The largest absolute Gasteiger partial charge is 0.315 e. The van der Waals surface area contributed by atoms with Crippen LogP contribution in [-0.2, 0) is 0 Å². The number of hydrogen-bond donors (Lipinski definition) is 1. The summed E-state index contributed by atoms with van der Waals surface area (Å²) >= 11 is 0. The van der Waals surface area contributed by atoms with Crippen LogP contribution in [0.3, 0.4) is 0 Å². The molecule has 0 radical (unpaired) electrons. The minimum absolute atomic E-state index is 0.739. The summed E-state index contributed by atoms with van der Waals surface area (Å²) in [6.07, 6.45) is 6.46. The van der Waals surface area contributed by atoms with E-state index in [0.29, 0.717) is 0 Å². The first kappa shape index (κ1) is 13.7. The van der Waals surface area contributed by atoms with Crippen molar-refractivity contribution in [3.05, 3.63) is 12.2 Å². The van der Waals surface area contributed by atoms with E-state index in [1.54, 1.807) is 0 Å². The van der Waals surface area contributed by atoms with Gasteiger partial charge in [0.2, 0.25) is 0 Å². The fraction of sp³-hybridized carbons (Fsp3) is 0.857. The molecule has 1 unspecified atom stereocenters. The molecule has 0 amide bonds. The smallest absolute Gasteiger partial charge is 0.0224 e. The Hall–Kier alpha value is -0.340. The molecule has 1 saturated heterocycles. The fourth-order valence-corrected chi connectivity index (χ4v) is 2.34. The highest BCUT2D eigenvalue weighted by atomic mass is 15.2. The summed E-state index contributed by atoms with van der Waals surface area (Å²) in [6.45, 7) is 13.2. The highest BCUT2D eigenvalue weighted by Gasteiger charge is 2.21. The summed E-state index contributed by atoms with van der Waals surface area (Å²) in [5.41, 5.74) is 1.38. The summed E-state index contributed by atoms with van der Waals surface area (Å²) < 4.78 is 0. The Balaban J connectivity index is 2.34. The second-order valence-electron chi connectivity index (χ2n) is 4.93. The molecule has 0 aromatic rings. The van der Waals surface area contributed by atoms with Gasteiger partial charge in [0.15, 0.2) is 0 Å². The Morgan fingerprint density at radius 3 is 2.88 bits per heavy atom. The van der Waals surface area contributed by atoms with E-state index < -0.39 is 0 Å². The van der Waals surface area contributed by atoms with Crippen LogP contribution in [0.2, 0.25) is 0 Å². The molecule has 2 heteroatoms. The third kappa shape index (κ3) is 4.67. The highest BCUT2D eigenvalue weighted by molar-refractivity contribution is 4.98. The number of hydrogen-bond acceptors (Lipinski definition) is 2. The van der Waals surface area contributed by atoms with E-state index in [1.807, 2.05) is 0 Å². The molecular weight excluding hydrogens is 196 g/mol. The molecule has 0 aromatic carbocycles. The Labute approximate surface area is 101 Å². The van der Waals surface area contributed by atoms with E-state index in [1.165, 1.54) is 37.8 Å². The lowest BCUT2D eigenvalue weighted by atomic mass is 10.0. The molecule has 2 nitrogen and oxygen atoms in total. The molecule has 1 fully saturated rings. The maximum Gasteiger partial charge on any atom is 0.0224 e. The predicted octanol–water partition coefficient (Wildman–Crippen LogP) is 2.81. The molecule has 1 aliphatic rings. The van der Waals surface area contributed by atoms with Crippen LogP contribution in [0, 0.1) is 0 Å². The topological polar surface area (TPSA) is 15.3 Å². The molecule has 94 valence electrons. The normalized spacial score (nSPS) is 22.2. The van der Waals surface area contributed by atoms with Crippen LogP contribution < -0.4 is 5.32 Å². The summed E-state index contributed by atoms with van der Waals surface area (Å²) in [5.74, 6) is 0. The zero-order valence-electron chi connectivity index (χ0n) is 11.1. The summed E-state index contributed by atoms with van der Waals surface area (Å²) in [6, 6.07) is 0.739. The van der Waals surface area contributed by atoms with Gasteiger partial charge in [0.1, 0.15) is 0 Å². The lowest BCUT2D eigenvalue weighted by Crippen LogP contribution is -2.46. The van der Waals surface area contributed by atoms with Gasteiger partial charge in [-0.15, -0.1) is 0 Å². The summed E-state index contributed by atoms with van der Waals surface area (Å²) in [5, 5.41) is 3.55. The Kier molecular flexibility index (Phi) is 6.74. The van der Waals surface area contributed by atoms with Crippen molar-refractivity contribution < 1.29 is 0 Å². The SMILES string of the molecule is C=C(CC)CN1CCCCC1CNCCC. The van der Waals surface area contributed by atoms with Gasteiger partial charge in [-0.3, -0.25) is 4.90 Å². The molecule has 1 aliphatic heterocycles. The quantitative estimate of drug-likeness (QED) is 0.528. The Bertz CT molecular complexity index is 201. The minimum atomic E-state index is 0.739. The van der Waals surface area contributed by atoms with Crippen molar-refractivity contribution >= 4 is 0 Å². The Morgan fingerprint density at radius 1 is 1.38 bits per heavy atom. The lowest BCUT2D eigenvalue weighted by molar-refractivity contribution is 0.157. The van der Waals surface area contributed by atoms with Gasteiger partial charge in [-0.05, 0) is 38.8 Å². The maximum atomic E-state index is 4.14. The molecule has 0 spiro atoms. The first-order chi connectivity index (χ1) is 7.77. The fourth-order valence-electron chi connectivity index (χ4n) is 2.34. The lowest BCUT2D eigenvalue weighted by Gasteiger charge is -2.36. The van der Waals surface area contributed by atoms with Crippen molar-refractivity contribution in [1.29, 1.82) is 0 Å². The second-order valence-corrected chi connectivity index (χ2v) is 4.93. The van der Waals surface area contributed by atoms with Gasteiger partial charge in [-0.25, -0.2) is 0 Å². The van der Waals surface area contributed by atoms with Gasteiger partial charge in [0.05, 0.1) is 0 Å². The van der Waals surface area contributed by atoms with Gasteiger partial charge in [0, 0.05) is 19.1 Å². The van der Waals surface area contributed by atoms with Crippen LogP contribution in [-0.4, -0.2) is 37.1 Å². The summed E-state index contributed by atoms with van der Waals surface area (Å²) in [4.78, 5) is 2.62. The van der Waals surface area contributed by atoms with Crippen LogP contribution in [0.15, 0.2) is 12.2 Å². The third-order valence-corrected chi connectivity index (χ3v) is 3.48. The molecule has 0 aromatic heterocycles. The molecule has 0 bridgehead atoms. The standard InChI is InChI=1S/C14H28N2/c1-4-9-15-11-14-8-6-7-10-16(14)12-13(3)5-2/h14-15H,3-12H2,1-2H3. The molecule has 0 aliphatic carbocycles. The Morgan fingerprint density at radius 2 is 2.19 bits per heavy atom. The predicted molar refractivity (Wildman–Crippen MR) is 71.8 cm³/mol. The van der Waals surface area contributed by atoms with E-state index in [9.17, 15) is 0 Å². The van der Waals surface area contributed by atoms with Crippen molar-refractivity contribution in [1.82, 2.24) is 10.2 Å². The van der Waals surface area contributed by atoms with Crippen LogP contribution in [0.5, 0.6) is 0 Å². The first-order valence-electron chi connectivity index (χ1n) is 6.89. The van der Waals surface area contributed by atoms with Crippen LogP contribution in [0.1, 0.15) is 46.0 Å². The first-order valence-corrected chi connectivity index (χ1v) is 6.89. The monoisotopic (exact) mass is 224 g/mol. The van der Waals surface area contributed by atoms with Crippen molar-refractivity contribution in [3.63, 3.8) is 0 Å². The zero-order valence-corrected chi connectivity index (χ0v) is 11.1. The van der Waals surface area contributed by atoms with Gasteiger partial charge < -0.3 is 5.32 Å². The molecule has 1 heterocycles.